The quantitative estimate of drug-likeness (QED) is 0.653. The summed E-state index contributed by atoms with van der Waals surface area (Å²) in [5.74, 6) is 1.14. The van der Waals surface area contributed by atoms with E-state index in [9.17, 15) is 4.79 Å². The maximum absolute atomic E-state index is 13.2. The molecule has 0 aliphatic carbocycles. The van der Waals surface area contributed by atoms with Gasteiger partial charge in [-0.3, -0.25) is 15.2 Å². The van der Waals surface area contributed by atoms with Gasteiger partial charge in [0.15, 0.2) is 5.82 Å². The van der Waals surface area contributed by atoms with Gasteiger partial charge in [0.25, 0.3) is 0 Å². The molecule has 0 atom stereocenters. The van der Waals surface area contributed by atoms with Gasteiger partial charge in [-0.1, -0.05) is 17.7 Å². The number of halogens is 1. The van der Waals surface area contributed by atoms with E-state index >= 15 is 0 Å². The summed E-state index contributed by atoms with van der Waals surface area (Å²) in [7, 11) is 0. The average molecular weight is 423 g/mol. The predicted molar refractivity (Wildman–Crippen MR) is 120 cm³/mol. The van der Waals surface area contributed by atoms with Crippen molar-refractivity contribution >= 4 is 35.0 Å². The molecule has 4 rings (SSSR count). The summed E-state index contributed by atoms with van der Waals surface area (Å²) in [4.78, 5) is 30.4. The standard InChI is InChI=1S/C22H23ClN6O/c1-2-28-11-5-6-12-29(22(30)27-20-7-3-4-10-25-20)21-19(28)9-8-18(26-21)16-13-17(23)15-24-14-16/h3-4,7-10,13-15H,2,5-6,11-12H2,1H3,(H,25,27,30). The number of anilines is 3. The highest BCUT2D eigenvalue weighted by atomic mass is 35.5. The van der Waals surface area contributed by atoms with Crippen LogP contribution in [0, 0.1) is 0 Å². The highest BCUT2D eigenvalue weighted by Crippen LogP contribution is 2.33. The topological polar surface area (TPSA) is 74.2 Å². The Bertz CT molecular complexity index is 1030. The van der Waals surface area contributed by atoms with Gasteiger partial charge in [0, 0.05) is 43.8 Å². The summed E-state index contributed by atoms with van der Waals surface area (Å²) < 4.78 is 0. The number of carbonyl (C=O) groups is 1. The van der Waals surface area contributed by atoms with Crippen molar-refractivity contribution in [3.05, 3.63) is 60.0 Å². The van der Waals surface area contributed by atoms with Crippen LogP contribution in [0.5, 0.6) is 0 Å². The van der Waals surface area contributed by atoms with Crippen molar-refractivity contribution in [1.29, 1.82) is 0 Å². The zero-order chi connectivity index (χ0) is 20.9. The van der Waals surface area contributed by atoms with E-state index in [2.05, 4.69) is 27.1 Å². The fraction of sp³-hybridized carbons (Fsp3) is 0.273. The molecule has 2 amide bonds. The third kappa shape index (κ3) is 4.36. The number of fused-ring (bicyclic) bond motifs is 1. The first-order valence-electron chi connectivity index (χ1n) is 10.0. The van der Waals surface area contributed by atoms with Gasteiger partial charge in [0.2, 0.25) is 0 Å². The first-order chi connectivity index (χ1) is 14.7. The Hall–Kier alpha value is -3.19. The predicted octanol–water partition coefficient (Wildman–Crippen LogP) is 4.85. The molecule has 0 saturated carbocycles. The zero-order valence-electron chi connectivity index (χ0n) is 16.8. The summed E-state index contributed by atoms with van der Waals surface area (Å²) in [6, 6.07) is 11.0. The van der Waals surface area contributed by atoms with E-state index in [1.807, 2.05) is 30.3 Å². The Morgan fingerprint density at radius 1 is 1.17 bits per heavy atom. The monoisotopic (exact) mass is 422 g/mol. The molecule has 154 valence electrons. The van der Waals surface area contributed by atoms with Crippen molar-refractivity contribution in [3.8, 4) is 11.3 Å². The van der Waals surface area contributed by atoms with Gasteiger partial charge in [0.1, 0.15) is 5.82 Å². The maximum Gasteiger partial charge on any atom is 0.328 e. The normalized spacial score (nSPS) is 13.9. The van der Waals surface area contributed by atoms with Crippen LogP contribution in [0.25, 0.3) is 11.3 Å². The lowest BCUT2D eigenvalue weighted by Crippen LogP contribution is -2.40. The number of nitrogens with zero attached hydrogens (tertiary/aromatic N) is 5. The number of hydrogen-bond acceptors (Lipinski definition) is 5. The molecule has 0 fully saturated rings. The molecule has 1 aliphatic heterocycles. The molecule has 8 heteroatoms. The molecular formula is C22H23ClN6O. The lowest BCUT2D eigenvalue weighted by Gasteiger charge is -2.33. The van der Waals surface area contributed by atoms with Crippen molar-refractivity contribution in [2.45, 2.75) is 19.8 Å². The van der Waals surface area contributed by atoms with Crippen molar-refractivity contribution in [1.82, 2.24) is 15.0 Å². The third-order valence-electron chi connectivity index (χ3n) is 5.04. The maximum atomic E-state index is 13.2. The molecule has 0 radical (unpaired) electrons. The van der Waals surface area contributed by atoms with E-state index in [0.29, 0.717) is 23.2 Å². The molecule has 4 heterocycles. The number of nitrogens with one attached hydrogen (secondary N) is 1. The molecule has 0 unspecified atom stereocenters. The van der Waals surface area contributed by atoms with Crippen molar-refractivity contribution in [3.63, 3.8) is 0 Å². The molecule has 3 aromatic heterocycles. The van der Waals surface area contributed by atoms with Crippen LogP contribution in [-0.2, 0) is 0 Å². The fourth-order valence-corrected chi connectivity index (χ4v) is 3.71. The molecule has 0 spiro atoms. The largest absolute Gasteiger partial charge is 0.369 e. The van der Waals surface area contributed by atoms with Gasteiger partial charge >= 0.3 is 6.03 Å². The Balaban J connectivity index is 1.76. The summed E-state index contributed by atoms with van der Waals surface area (Å²) in [5.41, 5.74) is 2.46. The lowest BCUT2D eigenvalue weighted by molar-refractivity contribution is 0.256. The second-order valence-electron chi connectivity index (χ2n) is 7.01. The van der Waals surface area contributed by atoms with Crippen LogP contribution in [-0.4, -0.2) is 40.6 Å². The van der Waals surface area contributed by atoms with E-state index in [1.54, 1.807) is 29.6 Å². The van der Waals surface area contributed by atoms with Gasteiger partial charge in [-0.15, -0.1) is 0 Å². The number of hydrogen-bond donors (Lipinski definition) is 1. The first kappa shape index (κ1) is 20.1. The van der Waals surface area contributed by atoms with E-state index in [1.165, 1.54) is 0 Å². The van der Waals surface area contributed by atoms with E-state index in [0.717, 1.165) is 42.9 Å². The van der Waals surface area contributed by atoms with Gasteiger partial charge in [0.05, 0.1) is 16.4 Å². The lowest BCUT2D eigenvalue weighted by atomic mass is 10.1. The smallest absolute Gasteiger partial charge is 0.328 e. The number of aromatic nitrogens is 3. The number of rotatable bonds is 3. The molecule has 1 N–H and O–H groups in total. The molecule has 0 bridgehead atoms. The third-order valence-corrected chi connectivity index (χ3v) is 5.24. The number of urea groups is 1. The van der Waals surface area contributed by atoms with E-state index < -0.39 is 0 Å². The second kappa shape index (κ2) is 9.09. The van der Waals surface area contributed by atoms with Crippen LogP contribution in [0.4, 0.5) is 22.1 Å². The SMILES string of the molecule is CCN1CCCCN(C(=O)Nc2ccccn2)c2nc(-c3cncc(Cl)c3)ccc21. The summed E-state index contributed by atoms with van der Waals surface area (Å²) in [6.07, 6.45) is 6.85. The van der Waals surface area contributed by atoms with E-state index in [-0.39, 0.29) is 6.03 Å². The number of pyridine rings is 3. The van der Waals surface area contributed by atoms with Crippen LogP contribution in [0.1, 0.15) is 19.8 Å². The zero-order valence-corrected chi connectivity index (χ0v) is 17.5. The molecule has 0 saturated heterocycles. The minimum Gasteiger partial charge on any atom is -0.369 e. The highest BCUT2D eigenvalue weighted by molar-refractivity contribution is 6.30. The molecule has 1 aliphatic rings. The molecule has 30 heavy (non-hydrogen) atoms. The van der Waals surface area contributed by atoms with Crippen LogP contribution >= 0.6 is 11.6 Å². The highest BCUT2D eigenvalue weighted by Gasteiger charge is 2.25. The summed E-state index contributed by atoms with van der Waals surface area (Å²) >= 11 is 6.12. The van der Waals surface area contributed by atoms with Gasteiger partial charge < -0.3 is 4.90 Å². The van der Waals surface area contributed by atoms with Crippen LogP contribution in [0.15, 0.2) is 55.0 Å². The molecule has 7 nitrogen and oxygen atoms in total. The van der Waals surface area contributed by atoms with E-state index in [4.69, 9.17) is 16.6 Å². The minimum atomic E-state index is -0.248. The van der Waals surface area contributed by atoms with Gasteiger partial charge in [-0.25, -0.2) is 14.8 Å². The Labute approximate surface area is 180 Å². The molecular weight excluding hydrogens is 400 g/mol. The Kier molecular flexibility index (Phi) is 6.09. The van der Waals surface area contributed by atoms with Crippen LogP contribution in [0.2, 0.25) is 5.02 Å². The number of carbonyl (C=O) groups excluding carboxylic acids is 1. The van der Waals surface area contributed by atoms with Crippen LogP contribution < -0.4 is 15.1 Å². The molecule has 0 aromatic carbocycles. The van der Waals surface area contributed by atoms with Gasteiger partial charge in [-0.2, -0.15) is 0 Å². The number of amides is 2. The van der Waals surface area contributed by atoms with Crippen molar-refractivity contribution in [2.24, 2.45) is 0 Å². The van der Waals surface area contributed by atoms with Crippen molar-refractivity contribution < 1.29 is 4.79 Å². The first-order valence-corrected chi connectivity index (χ1v) is 10.4. The molecule has 3 aromatic rings. The van der Waals surface area contributed by atoms with Crippen LogP contribution in [0.3, 0.4) is 0 Å². The average Bonchev–Trinajstić information content (AvgIpc) is 2.75. The Morgan fingerprint density at radius 3 is 2.80 bits per heavy atom. The second-order valence-corrected chi connectivity index (χ2v) is 7.45. The minimum absolute atomic E-state index is 0.248. The van der Waals surface area contributed by atoms with Gasteiger partial charge in [-0.05, 0) is 50.1 Å². The summed E-state index contributed by atoms with van der Waals surface area (Å²) in [5, 5.41) is 3.43. The fourth-order valence-electron chi connectivity index (χ4n) is 3.54. The summed E-state index contributed by atoms with van der Waals surface area (Å²) in [6.45, 7) is 4.45. The van der Waals surface area contributed by atoms with Crippen molar-refractivity contribution in [2.75, 3.05) is 34.8 Å². The Morgan fingerprint density at radius 2 is 2.03 bits per heavy atom.